The number of nitrogens with two attached hydrogens (primary N) is 1. The predicted molar refractivity (Wildman–Crippen MR) is 118 cm³/mol. The Morgan fingerprint density at radius 1 is 1.14 bits per heavy atom. The normalized spacial score (nSPS) is 19.2. The molecule has 0 radical (unpaired) electrons. The molecule has 1 fully saturated rings. The maximum atomic E-state index is 12.0. The third-order valence-corrected chi connectivity index (χ3v) is 5.81. The number of likely N-dealkylation sites (N-methyl/N-ethyl adjacent to an activating group) is 1. The Labute approximate surface area is 170 Å². The van der Waals surface area contributed by atoms with Gasteiger partial charge in [-0.3, -0.25) is 4.79 Å². The number of rotatable bonds is 6. The van der Waals surface area contributed by atoms with E-state index >= 15 is 0 Å². The minimum atomic E-state index is -0.502. The molecule has 5 N–H and O–H groups in total. The van der Waals surface area contributed by atoms with Crippen molar-refractivity contribution in [3.05, 3.63) is 48.2 Å². The first-order valence-corrected chi connectivity index (χ1v) is 10.1. The third-order valence-electron chi connectivity index (χ3n) is 5.81. The summed E-state index contributed by atoms with van der Waals surface area (Å²) < 4.78 is 2.06. The van der Waals surface area contributed by atoms with Crippen LogP contribution in [0.15, 0.2) is 42.6 Å². The Morgan fingerprint density at radius 2 is 1.93 bits per heavy atom. The Balaban J connectivity index is 1.66. The molecule has 2 heterocycles. The first-order valence-electron chi connectivity index (χ1n) is 10.1. The number of aryl methyl sites for hydroxylation is 1. The molecular formula is C22H28N6O. The van der Waals surface area contributed by atoms with Gasteiger partial charge in [0.2, 0.25) is 0 Å². The largest absolute Gasteiger partial charge is 0.366 e. The maximum Gasteiger partial charge on any atom is 0.252 e. The second kappa shape index (κ2) is 8.13. The van der Waals surface area contributed by atoms with Crippen molar-refractivity contribution in [3.8, 4) is 0 Å². The van der Waals surface area contributed by atoms with Crippen molar-refractivity contribution in [1.82, 2.24) is 14.9 Å². The highest BCUT2D eigenvalue weighted by Crippen LogP contribution is 2.29. The molecular weight excluding hydrogens is 364 g/mol. The van der Waals surface area contributed by atoms with E-state index in [-0.39, 0.29) is 0 Å². The van der Waals surface area contributed by atoms with E-state index in [1.165, 1.54) is 12.8 Å². The minimum absolute atomic E-state index is 0.311. The van der Waals surface area contributed by atoms with Crippen molar-refractivity contribution in [1.29, 1.82) is 0 Å². The lowest BCUT2D eigenvalue weighted by atomic mass is 9.90. The quantitative estimate of drug-likeness (QED) is 0.516. The van der Waals surface area contributed by atoms with Crippen molar-refractivity contribution in [2.45, 2.75) is 37.8 Å². The summed E-state index contributed by atoms with van der Waals surface area (Å²) in [5, 5.41) is 11.3. The van der Waals surface area contributed by atoms with Crippen molar-refractivity contribution in [2.75, 3.05) is 17.7 Å². The second-order valence-electron chi connectivity index (χ2n) is 7.68. The number of aromatic nitrogens is 2. The molecule has 7 nitrogen and oxygen atoms in total. The van der Waals surface area contributed by atoms with E-state index in [1.807, 2.05) is 44.6 Å². The van der Waals surface area contributed by atoms with Gasteiger partial charge in [-0.1, -0.05) is 18.9 Å². The Bertz CT molecular complexity index is 1030. The molecule has 4 rings (SSSR count). The number of fused-ring (bicyclic) bond motifs is 1. The van der Waals surface area contributed by atoms with Crippen LogP contribution < -0.4 is 21.7 Å². The monoisotopic (exact) mass is 392 g/mol. The van der Waals surface area contributed by atoms with Crippen LogP contribution >= 0.6 is 0 Å². The Kier molecular flexibility index (Phi) is 5.40. The van der Waals surface area contributed by atoms with Crippen LogP contribution in [0.2, 0.25) is 0 Å². The maximum absolute atomic E-state index is 12.0. The molecule has 29 heavy (non-hydrogen) atoms. The summed E-state index contributed by atoms with van der Waals surface area (Å²) in [4.78, 5) is 16.7. The Hall–Kier alpha value is -3.06. The standard InChI is InChI=1S/C22H28N6O/c1-24-17-6-3-4-7-18(17)25-20-11-10-15(21(23)29)22(27-20)26-16-8-5-9-19-14(16)12-13-28(19)2/h5,8-13,17-18,24H,3-4,6-7H2,1-2H3,(H2,23,29)(H2,25,26,27)/t17-,18?/m0/s1. The van der Waals surface area contributed by atoms with E-state index in [4.69, 9.17) is 10.7 Å². The lowest BCUT2D eigenvalue weighted by Crippen LogP contribution is -2.44. The number of nitrogens with one attached hydrogen (secondary N) is 3. The molecule has 3 aromatic rings. The molecule has 1 amide bonds. The zero-order chi connectivity index (χ0) is 20.4. The number of anilines is 3. The van der Waals surface area contributed by atoms with E-state index in [1.54, 1.807) is 6.07 Å². The molecule has 2 atom stereocenters. The molecule has 7 heteroatoms. The van der Waals surface area contributed by atoms with Gasteiger partial charge in [-0.2, -0.15) is 0 Å². The molecule has 1 aliphatic rings. The lowest BCUT2D eigenvalue weighted by Gasteiger charge is -2.32. The topological polar surface area (TPSA) is 97.0 Å². The van der Waals surface area contributed by atoms with Crippen molar-refractivity contribution in [2.24, 2.45) is 12.8 Å². The number of primary amides is 1. The van der Waals surface area contributed by atoms with Gasteiger partial charge >= 0.3 is 0 Å². The van der Waals surface area contributed by atoms with Gasteiger partial charge in [-0.05, 0) is 50.2 Å². The van der Waals surface area contributed by atoms with Gasteiger partial charge in [0.25, 0.3) is 5.91 Å². The van der Waals surface area contributed by atoms with E-state index in [0.29, 0.717) is 23.5 Å². The van der Waals surface area contributed by atoms with Crippen molar-refractivity contribution >= 4 is 34.1 Å². The molecule has 1 aromatic carbocycles. The zero-order valence-electron chi connectivity index (χ0n) is 16.9. The van der Waals surface area contributed by atoms with Gasteiger partial charge in [0.05, 0.1) is 5.56 Å². The van der Waals surface area contributed by atoms with E-state index in [0.717, 1.165) is 35.2 Å². The smallest absolute Gasteiger partial charge is 0.252 e. The zero-order valence-corrected chi connectivity index (χ0v) is 16.9. The first kappa shape index (κ1) is 19.3. The fraction of sp³-hybridized carbons (Fsp3) is 0.364. The highest BCUT2D eigenvalue weighted by molar-refractivity contribution is 6.00. The molecule has 2 aromatic heterocycles. The summed E-state index contributed by atoms with van der Waals surface area (Å²) in [5.41, 5.74) is 7.97. The van der Waals surface area contributed by atoms with E-state index in [2.05, 4.69) is 26.6 Å². The van der Waals surface area contributed by atoms with Crippen LogP contribution in [0, 0.1) is 0 Å². The lowest BCUT2D eigenvalue weighted by molar-refractivity contribution is 0.100. The highest BCUT2D eigenvalue weighted by atomic mass is 16.1. The van der Waals surface area contributed by atoms with Crippen molar-refractivity contribution in [3.63, 3.8) is 0 Å². The second-order valence-corrected chi connectivity index (χ2v) is 7.68. The van der Waals surface area contributed by atoms with Crippen LogP contribution in [-0.2, 0) is 7.05 Å². The fourth-order valence-electron chi connectivity index (χ4n) is 4.21. The number of carbonyl (C=O) groups excluding carboxylic acids is 1. The molecule has 0 spiro atoms. The average Bonchev–Trinajstić information content (AvgIpc) is 3.10. The van der Waals surface area contributed by atoms with Crippen LogP contribution in [0.4, 0.5) is 17.3 Å². The Morgan fingerprint density at radius 3 is 2.69 bits per heavy atom. The van der Waals surface area contributed by atoms with Crippen LogP contribution in [-0.4, -0.2) is 34.6 Å². The van der Waals surface area contributed by atoms with E-state index < -0.39 is 5.91 Å². The van der Waals surface area contributed by atoms with Gasteiger partial charge in [0.15, 0.2) is 0 Å². The summed E-state index contributed by atoms with van der Waals surface area (Å²) in [6, 6.07) is 12.4. The van der Waals surface area contributed by atoms with Crippen LogP contribution in [0.5, 0.6) is 0 Å². The number of hydrogen-bond acceptors (Lipinski definition) is 5. The van der Waals surface area contributed by atoms with Crippen LogP contribution in [0.3, 0.4) is 0 Å². The molecule has 0 aliphatic heterocycles. The number of pyridine rings is 1. The van der Waals surface area contributed by atoms with Gasteiger partial charge in [0.1, 0.15) is 11.6 Å². The summed E-state index contributed by atoms with van der Waals surface area (Å²) in [5.74, 6) is 0.707. The highest BCUT2D eigenvalue weighted by Gasteiger charge is 2.24. The first-order chi connectivity index (χ1) is 14.1. The number of nitrogens with zero attached hydrogens (tertiary/aromatic N) is 2. The predicted octanol–water partition coefficient (Wildman–Crippen LogP) is 3.36. The molecule has 1 saturated carbocycles. The molecule has 1 unspecified atom stereocenters. The van der Waals surface area contributed by atoms with Gasteiger partial charge in [0, 0.05) is 41.9 Å². The van der Waals surface area contributed by atoms with Crippen LogP contribution in [0.1, 0.15) is 36.0 Å². The summed E-state index contributed by atoms with van der Waals surface area (Å²) in [6.45, 7) is 0. The molecule has 0 bridgehead atoms. The van der Waals surface area contributed by atoms with E-state index in [9.17, 15) is 4.79 Å². The van der Waals surface area contributed by atoms with Gasteiger partial charge < -0.3 is 26.3 Å². The molecule has 1 aliphatic carbocycles. The SMILES string of the molecule is CN[C@H]1CCCCC1Nc1ccc(C(N)=O)c(Nc2cccc3c2ccn3C)n1. The van der Waals surface area contributed by atoms with Crippen molar-refractivity contribution < 1.29 is 4.79 Å². The minimum Gasteiger partial charge on any atom is -0.366 e. The van der Waals surface area contributed by atoms with Gasteiger partial charge in [-0.15, -0.1) is 0 Å². The molecule has 0 saturated heterocycles. The number of amides is 1. The fourth-order valence-corrected chi connectivity index (χ4v) is 4.21. The number of carbonyl (C=O) groups is 1. The summed E-state index contributed by atoms with van der Waals surface area (Å²) in [6.07, 6.45) is 6.70. The average molecular weight is 393 g/mol. The molecule has 152 valence electrons. The summed E-state index contributed by atoms with van der Waals surface area (Å²) >= 11 is 0. The third kappa shape index (κ3) is 3.91. The number of benzene rings is 1. The summed E-state index contributed by atoms with van der Waals surface area (Å²) in [7, 11) is 4.01. The van der Waals surface area contributed by atoms with Crippen LogP contribution in [0.25, 0.3) is 10.9 Å². The number of hydrogen-bond donors (Lipinski definition) is 4. The van der Waals surface area contributed by atoms with Gasteiger partial charge in [-0.25, -0.2) is 4.98 Å².